The van der Waals surface area contributed by atoms with Gasteiger partial charge in [-0.2, -0.15) is 4.68 Å². The molecule has 0 aliphatic rings. The second-order valence-corrected chi connectivity index (χ2v) is 4.22. The van der Waals surface area contributed by atoms with Gasteiger partial charge in [-0.15, -0.1) is 17.5 Å². The Hall–Kier alpha value is -2.52. The Kier molecular flexibility index (Phi) is 6.42. The Morgan fingerprint density at radius 1 is 1.32 bits per heavy atom. The van der Waals surface area contributed by atoms with Crippen molar-refractivity contribution in [1.82, 2.24) is 25.5 Å². The molecule has 22 heavy (non-hydrogen) atoms. The van der Waals surface area contributed by atoms with Crippen LogP contribution in [0.25, 0.3) is 5.69 Å². The van der Waals surface area contributed by atoms with Gasteiger partial charge in [0.2, 0.25) is 11.8 Å². The molecule has 118 valence electrons. The van der Waals surface area contributed by atoms with Crippen LogP contribution in [0.1, 0.15) is 5.82 Å². The molecule has 0 radical (unpaired) electrons. The van der Waals surface area contributed by atoms with Gasteiger partial charge in [0, 0.05) is 5.69 Å². The predicted octanol–water partition coefficient (Wildman–Crippen LogP) is -0.594. The van der Waals surface area contributed by atoms with Crippen molar-refractivity contribution in [2.75, 3.05) is 18.4 Å². The number of tetrazole rings is 1. The number of halogens is 1. The first-order valence-corrected chi connectivity index (χ1v) is 6.22. The van der Waals surface area contributed by atoms with Gasteiger partial charge in [0.1, 0.15) is 0 Å². The van der Waals surface area contributed by atoms with Gasteiger partial charge < -0.3 is 16.4 Å². The average molecular weight is 326 g/mol. The van der Waals surface area contributed by atoms with Crippen molar-refractivity contribution in [3.8, 4) is 5.69 Å². The number of rotatable bonds is 5. The zero-order valence-corrected chi connectivity index (χ0v) is 12.6. The van der Waals surface area contributed by atoms with Gasteiger partial charge in [-0.25, -0.2) is 0 Å². The topological polar surface area (TPSA) is 128 Å². The predicted molar refractivity (Wildman–Crippen MR) is 81.8 cm³/mol. The largest absolute Gasteiger partial charge is 0.346 e. The van der Waals surface area contributed by atoms with Crippen molar-refractivity contribution >= 4 is 29.9 Å². The number of aryl methyl sites for hydroxylation is 1. The zero-order valence-electron chi connectivity index (χ0n) is 11.8. The van der Waals surface area contributed by atoms with Gasteiger partial charge in [0.25, 0.3) is 0 Å². The fraction of sp³-hybridized carbons (Fsp3) is 0.250. The molecule has 0 fully saturated rings. The minimum absolute atomic E-state index is 0. The van der Waals surface area contributed by atoms with E-state index < -0.39 is 0 Å². The molecule has 4 N–H and O–H groups in total. The monoisotopic (exact) mass is 325 g/mol. The standard InChI is InChI=1S/C12H15N7O2.ClH/c1-8-16-17-18-19(8)10-4-2-3-9(5-10)15-12(21)7-14-11(20)6-13;/h2-5H,6-7,13H2,1H3,(H,14,20)(H,15,21);1H. The Bertz CT molecular complexity index is 658. The molecule has 2 rings (SSSR count). The molecule has 0 bridgehead atoms. The van der Waals surface area contributed by atoms with Crippen molar-refractivity contribution in [2.24, 2.45) is 5.73 Å². The lowest BCUT2D eigenvalue weighted by Crippen LogP contribution is -2.36. The van der Waals surface area contributed by atoms with Gasteiger partial charge in [-0.05, 0) is 35.5 Å². The number of anilines is 1. The summed E-state index contributed by atoms with van der Waals surface area (Å²) in [6.07, 6.45) is 0. The van der Waals surface area contributed by atoms with Gasteiger partial charge in [0.15, 0.2) is 5.82 Å². The van der Waals surface area contributed by atoms with E-state index in [0.29, 0.717) is 11.5 Å². The SMILES string of the molecule is Cc1nnnn1-c1cccc(NC(=O)CNC(=O)CN)c1.Cl. The van der Waals surface area contributed by atoms with E-state index in [0.717, 1.165) is 5.69 Å². The zero-order chi connectivity index (χ0) is 15.2. The van der Waals surface area contributed by atoms with E-state index in [-0.39, 0.29) is 37.3 Å². The summed E-state index contributed by atoms with van der Waals surface area (Å²) >= 11 is 0. The molecule has 0 aliphatic heterocycles. The summed E-state index contributed by atoms with van der Waals surface area (Å²) in [5.74, 6) is -0.0979. The van der Waals surface area contributed by atoms with Crippen LogP contribution in [0, 0.1) is 6.92 Å². The average Bonchev–Trinajstić information content (AvgIpc) is 2.91. The number of aromatic nitrogens is 4. The van der Waals surface area contributed by atoms with Crippen LogP contribution in [0.4, 0.5) is 5.69 Å². The molecule has 2 aromatic rings. The highest BCUT2D eigenvalue weighted by Gasteiger charge is 2.07. The lowest BCUT2D eigenvalue weighted by Gasteiger charge is -2.08. The second kappa shape index (κ2) is 8.05. The van der Waals surface area contributed by atoms with Crippen LogP contribution >= 0.6 is 12.4 Å². The van der Waals surface area contributed by atoms with Crippen LogP contribution in [0.15, 0.2) is 24.3 Å². The molecule has 0 saturated carbocycles. The number of nitrogens with one attached hydrogen (secondary N) is 2. The first-order chi connectivity index (χ1) is 10.1. The van der Waals surface area contributed by atoms with Crippen molar-refractivity contribution < 1.29 is 9.59 Å². The lowest BCUT2D eigenvalue weighted by atomic mass is 10.2. The molecule has 0 saturated heterocycles. The second-order valence-electron chi connectivity index (χ2n) is 4.22. The number of carbonyl (C=O) groups excluding carboxylic acids is 2. The third-order valence-corrected chi connectivity index (χ3v) is 2.63. The van der Waals surface area contributed by atoms with Gasteiger partial charge in [-0.1, -0.05) is 6.07 Å². The molecule has 2 amide bonds. The van der Waals surface area contributed by atoms with Crippen molar-refractivity contribution in [1.29, 1.82) is 0 Å². The minimum Gasteiger partial charge on any atom is -0.346 e. The quantitative estimate of drug-likeness (QED) is 0.674. The highest BCUT2D eigenvalue weighted by atomic mass is 35.5. The maximum absolute atomic E-state index is 11.7. The summed E-state index contributed by atoms with van der Waals surface area (Å²) in [5, 5.41) is 16.3. The van der Waals surface area contributed by atoms with E-state index in [1.54, 1.807) is 29.8 Å². The molecule has 0 unspecified atom stereocenters. The smallest absolute Gasteiger partial charge is 0.243 e. The number of carbonyl (C=O) groups is 2. The number of nitrogens with zero attached hydrogens (tertiary/aromatic N) is 4. The van der Waals surface area contributed by atoms with Crippen LogP contribution in [-0.2, 0) is 9.59 Å². The minimum atomic E-state index is -0.386. The maximum Gasteiger partial charge on any atom is 0.243 e. The summed E-state index contributed by atoms with van der Waals surface area (Å²) in [4.78, 5) is 22.7. The Balaban J connectivity index is 0.00000242. The van der Waals surface area contributed by atoms with E-state index in [1.165, 1.54) is 0 Å². The molecule has 9 nitrogen and oxygen atoms in total. The Morgan fingerprint density at radius 2 is 2.09 bits per heavy atom. The first-order valence-electron chi connectivity index (χ1n) is 6.22. The molecule has 0 spiro atoms. The summed E-state index contributed by atoms with van der Waals surface area (Å²) in [7, 11) is 0. The highest BCUT2D eigenvalue weighted by Crippen LogP contribution is 2.14. The van der Waals surface area contributed by atoms with E-state index in [9.17, 15) is 9.59 Å². The summed E-state index contributed by atoms with van der Waals surface area (Å²) in [6.45, 7) is 1.49. The van der Waals surface area contributed by atoms with Gasteiger partial charge in [0.05, 0.1) is 18.8 Å². The number of benzene rings is 1. The Labute approximate surface area is 132 Å². The van der Waals surface area contributed by atoms with E-state index in [2.05, 4.69) is 26.2 Å². The van der Waals surface area contributed by atoms with Crippen LogP contribution in [0.2, 0.25) is 0 Å². The van der Waals surface area contributed by atoms with E-state index in [1.807, 2.05) is 6.07 Å². The number of nitrogens with two attached hydrogens (primary N) is 1. The Morgan fingerprint density at radius 3 is 2.73 bits per heavy atom. The third kappa shape index (κ3) is 4.50. The van der Waals surface area contributed by atoms with E-state index >= 15 is 0 Å². The lowest BCUT2D eigenvalue weighted by molar-refractivity contribution is -0.123. The molecular weight excluding hydrogens is 310 g/mol. The van der Waals surface area contributed by atoms with Gasteiger partial charge >= 0.3 is 0 Å². The molecule has 1 heterocycles. The number of amides is 2. The van der Waals surface area contributed by atoms with E-state index in [4.69, 9.17) is 5.73 Å². The van der Waals surface area contributed by atoms with Crippen LogP contribution in [0.3, 0.4) is 0 Å². The van der Waals surface area contributed by atoms with Crippen molar-refractivity contribution in [3.05, 3.63) is 30.1 Å². The molecule has 1 aromatic heterocycles. The van der Waals surface area contributed by atoms with Crippen molar-refractivity contribution in [3.63, 3.8) is 0 Å². The fourth-order valence-corrected chi connectivity index (χ4v) is 1.64. The number of hydrogen-bond donors (Lipinski definition) is 3. The number of hydrogen-bond acceptors (Lipinski definition) is 6. The summed E-state index contributed by atoms with van der Waals surface area (Å²) < 4.78 is 1.55. The molecule has 0 atom stereocenters. The van der Waals surface area contributed by atoms with Crippen LogP contribution in [-0.4, -0.2) is 45.1 Å². The normalized spacial score (nSPS) is 9.73. The maximum atomic E-state index is 11.7. The summed E-state index contributed by atoms with van der Waals surface area (Å²) in [6, 6.07) is 7.04. The van der Waals surface area contributed by atoms with Crippen molar-refractivity contribution in [2.45, 2.75) is 6.92 Å². The molecule has 10 heteroatoms. The van der Waals surface area contributed by atoms with Crippen LogP contribution < -0.4 is 16.4 Å². The molecular formula is C12H16ClN7O2. The third-order valence-electron chi connectivity index (χ3n) is 2.63. The first kappa shape index (κ1) is 17.5. The molecule has 1 aromatic carbocycles. The molecule has 0 aliphatic carbocycles. The summed E-state index contributed by atoms with van der Waals surface area (Å²) in [5.41, 5.74) is 6.44. The van der Waals surface area contributed by atoms with Gasteiger partial charge in [-0.3, -0.25) is 9.59 Å². The fourth-order valence-electron chi connectivity index (χ4n) is 1.64. The van der Waals surface area contributed by atoms with Crippen LogP contribution in [0.5, 0.6) is 0 Å². The highest BCUT2D eigenvalue weighted by molar-refractivity contribution is 5.94.